The molecule has 1 fully saturated rings. The number of halogens is 1. The van der Waals surface area contributed by atoms with E-state index < -0.39 is 10.8 Å². The van der Waals surface area contributed by atoms with E-state index in [0.717, 1.165) is 25.9 Å². The first-order valence-electron chi connectivity index (χ1n) is 10.0. The van der Waals surface area contributed by atoms with Crippen molar-refractivity contribution in [3.8, 4) is 0 Å². The molecule has 2 amide bonds. The zero-order chi connectivity index (χ0) is 22.7. The molecular formula is C22H25ClN4O4. The molecule has 3 rings (SSSR count). The highest BCUT2D eigenvalue weighted by Gasteiger charge is 2.24. The topological polar surface area (TPSA) is 95.8 Å². The summed E-state index contributed by atoms with van der Waals surface area (Å²) in [4.78, 5) is 39.7. The number of nitro groups is 1. The third-order valence-corrected chi connectivity index (χ3v) is 5.75. The van der Waals surface area contributed by atoms with Gasteiger partial charge >= 0.3 is 0 Å². The number of carbonyl (C=O) groups excluding carboxylic acids is 2. The predicted octanol–water partition coefficient (Wildman–Crippen LogP) is 4.44. The van der Waals surface area contributed by atoms with Gasteiger partial charge < -0.3 is 15.1 Å². The van der Waals surface area contributed by atoms with Crippen LogP contribution in [0.5, 0.6) is 0 Å². The summed E-state index contributed by atoms with van der Waals surface area (Å²) >= 11 is 6.14. The smallest absolute Gasteiger partial charge is 0.270 e. The lowest BCUT2D eigenvalue weighted by Gasteiger charge is -2.33. The van der Waals surface area contributed by atoms with Gasteiger partial charge in [0.2, 0.25) is 0 Å². The van der Waals surface area contributed by atoms with Crippen LogP contribution in [-0.4, -0.2) is 48.8 Å². The molecule has 31 heavy (non-hydrogen) atoms. The molecule has 1 heterocycles. The Morgan fingerprint density at radius 2 is 1.81 bits per heavy atom. The predicted molar refractivity (Wildman–Crippen MR) is 121 cm³/mol. The Labute approximate surface area is 185 Å². The molecule has 0 radical (unpaired) electrons. The summed E-state index contributed by atoms with van der Waals surface area (Å²) in [5.74, 6) is -0.171. The van der Waals surface area contributed by atoms with Crippen LogP contribution in [-0.2, 0) is 0 Å². The normalized spacial score (nSPS) is 14.3. The molecule has 0 atom stereocenters. The Balaban J connectivity index is 1.93. The Morgan fingerprint density at radius 1 is 1.13 bits per heavy atom. The van der Waals surface area contributed by atoms with Crippen LogP contribution in [0.4, 0.5) is 17.1 Å². The largest absolute Gasteiger partial charge is 0.371 e. The van der Waals surface area contributed by atoms with Gasteiger partial charge in [-0.1, -0.05) is 18.5 Å². The summed E-state index contributed by atoms with van der Waals surface area (Å²) in [6, 6.07) is 8.97. The molecule has 9 heteroatoms. The van der Waals surface area contributed by atoms with Gasteiger partial charge in [-0.2, -0.15) is 0 Å². The van der Waals surface area contributed by atoms with Crippen molar-refractivity contribution in [3.05, 3.63) is 62.7 Å². The second kappa shape index (κ2) is 9.34. The minimum absolute atomic E-state index is 0.154. The van der Waals surface area contributed by atoms with Gasteiger partial charge in [-0.15, -0.1) is 0 Å². The number of nitrogens with zero attached hydrogens (tertiary/aromatic N) is 3. The van der Waals surface area contributed by atoms with E-state index in [1.54, 1.807) is 26.2 Å². The lowest BCUT2D eigenvalue weighted by atomic mass is 9.97. The molecule has 0 aliphatic carbocycles. The Hall–Kier alpha value is -3.13. The van der Waals surface area contributed by atoms with Crippen LogP contribution in [0.3, 0.4) is 0 Å². The molecule has 0 aromatic heterocycles. The van der Waals surface area contributed by atoms with Gasteiger partial charge in [0.1, 0.15) is 0 Å². The number of amides is 2. The van der Waals surface area contributed by atoms with E-state index in [1.165, 1.54) is 29.2 Å². The highest BCUT2D eigenvalue weighted by molar-refractivity contribution is 6.34. The van der Waals surface area contributed by atoms with Crippen LogP contribution in [0.2, 0.25) is 5.02 Å². The van der Waals surface area contributed by atoms with Crippen LogP contribution in [0.25, 0.3) is 0 Å². The first kappa shape index (κ1) is 22.6. The number of rotatable bonds is 5. The third-order valence-electron chi connectivity index (χ3n) is 5.42. The number of nitro benzene ring substituents is 1. The molecule has 1 aliphatic rings. The van der Waals surface area contributed by atoms with Gasteiger partial charge in [0.25, 0.3) is 17.5 Å². The number of nitrogens with one attached hydrogen (secondary N) is 1. The van der Waals surface area contributed by atoms with Crippen molar-refractivity contribution in [1.29, 1.82) is 0 Å². The number of piperidine rings is 1. The van der Waals surface area contributed by atoms with E-state index in [4.69, 9.17) is 11.6 Å². The number of hydrogen-bond donors (Lipinski definition) is 1. The summed E-state index contributed by atoms with van der Waals surface area (Å²) in [6.07, 6.45) is 1.98. The van der Waals surface area contributed by atoms with Crippen LogP contribution in [0.1, 0.15) is 40.5 Å². The fourth-order valence-corrected chi connectivity index (χ4v) is 3.75. The summed E-state index contributed by atoms with van der Waals surface area (Å²) in [7, 11) is 3.22. The lowest BCUT2D eigenvalue weighted by molar-refractivity contribution is -0.384. The van der Waals surface area contributed by atoms with Gasteiger partial charge in [-0.25, -0.2) is 0 Å². The van der Waals surface area contributed by atoms with Crippen LogP contribution in [0, 0.1) is 16.0 Å². The maximum atomic E-state index is 13.1. The molecule has 8 nitrogen and oxygen atoms in total. The van der Waals surface area contributed by atoms with Gasteiger partial charge in [-0.3, -0.25) is 19.7 Å². The summed E-state index contributed by atoms with van der Waals surface area (Å²) < 4.78 is 0. The van der Waals surface area contributed by atoms with Crippen molar-refractivity contribution < 1.29 is 14.5 Å². The molecule has 0 unspecified atom stereocenters. The zero-order valence-corrected chi connectivity index (χ0v) is 18.5. The summed E-state index contributed by atoms with van der Waals surface area (Å²) in [5.41, 5.74) is 1.37. The van der Waals surface area contributed by atoms with Crippen molar-refractivity contribution in [1.82, 2.24) is 4.90 Å². The van der Waals surface area contributed by atoms with Crippen molar-refractivity contribution in [2.75, 3.05) is 37.4 Å². The second-order valence-electron chi connectivity index (χ2n) is 7.98. The van der Waals surface area contributed by atoms with Gasteiger partial charge in [0.15, 0.2) is 0 Å². The molecule has 0 spiro atoms. The highest BCUT2D eigenvalue weighted by atomic mass is 35.5. The van der Waals surface area contributed by atoms with Gasteiger partial charge in [0.05, 0.1) is 26.8 Å². The molecule has 0 bridgehead atoms. The third kappa shape index (κ3) is 5.14. The zero-order valence-electron chi connectivity index (χ0n) is 17.7. The average molecular weight is 445 g/mol. The standard InChI is InChI=1S/C22H25ClN4O4/c1-14-8-10-26(11-9-14)20-7-5-16(27(30)31)13-18(20)21(28)24-15-4-6-19(23)17(12-15)22(29)25(2)3/h4-7,12-14H,8-11H2,1-3H3,(H,24,28). The van der Waals surface area contributed by atoms with E-state index in [0.29, 0.717) is 17.3 Å². The minimum Gasteiger partial charge on any atom is -0.371 e. The quantitative estimate of drug-likeness (QED) is 0.543. The molecule has 1 aliphatic heterocycles. The lowest BCUT2D eigenvalue weighted by Crippen LogP contribution is -2.34. The number of carbonyl (C=O) groups is 2. The van der Waals surface area contributed by atoms with Crippen LogP contribution >= 0.6 is 11.6 Å². The minimum atomic E-state index is -0.519. The number of non-ortho nitro benzene ring substituents is 1. The number of benzene rings is 2. The van der Waals surface area contributed by atoms with Gasteiger partial charge in [-0.05, 0) is 43.0 Å². The van der Waals surface area contributed by atoms with E-state index in [9.17, 15) is 19.7 Å². The number of anilines is 2. The molecule has 164 valence electrons. The van der Waals surface area contributed by atoms with Crippen LogP contribution < -0.4 is 10.2 Å². The van der Waals surface area contributed by atoms with Crippen molar-refractivity contribution in [2.24, 2.45) is 5.92 Å². The second-order valence-corrected chi connectivity index (χ2v) is 8.38. The first-order chi connectivity index (χ1) is 14.7. The summed E-state index contributed by atoms with van der Waals surface area (Å²) in [5, 5.41) is 14.3. The molecule has 1 N–H and O–H groups in total. The monoisotopic (exact) mass is 444 g/mol. The SMILES string of the molecule is CC1CCN(c2ccc([N+](=O)[O-])cc2C(=O)Nc2ccc(Cl)c(C(=O)N(C)C)c2)CC1. The molecule has 0 saturated carbocycles. The highest BCUT2D eigenvalue weighted by Crippen LogP contribution is 2.30. The maximum Gasteiger partial charge on any atom is 0.270 e. The number of hydrogen-bond acceptors (Lipinski definition) is 5. The maximum absolute atomic E-state index is 13.1. The van der Waals surface area contributed by atoms with E-state index in [1.807, 2.05) is 0 Å². The first-order valence-corrected chi connectivity index (χ1v) is 10.4. The molecule has 2 aromatic carbocycles. The Morgan fingerprint density at radius 3 is 2.42 bits per heavy atom. The molecular weight excluding hydrogens is 420 g/mol. The molecule has 2 aromatic rings. The average Bonchev–Trinajstić information content (AvgIpc) is 2.74. The van der Waals surface area contributed by atoms with Gasteiger partial charge in [0, 0.05) is 45.0 Å². The Kier molecular flexibility index (Phi) is 6.80. The van der Waals surface area contributed by atoms with E-state index in [-0.39, 0.29) is 27.7 Å². The fraction of sp³-hybridized carbons (Fsp3) is 0.364. The van der Waals surface area contributed by atoms with Crippen molar-refractivity contribution in [2.45, 2.75) is 19.8 Å². The van der Waals surface area contributed by atoms with Crippen molar-refractivity contribution in [3.63, 3.8) is 0 Å². The Bertz CT molecular complexity index is 1020. The van der Waals surface area contributed by atoms with E-state index in [2.05, 4.69) is 17.1 Å². The van der Waals surface area contributed by atoms with E-state index >= 15 is 0 Å². The van der Waals surface area contributed by atoms with Crippen LogP contribution in [0.15, 0.2) is 36.4 Å². The molecule has 1 saturated heterocycles. The van der Waals surface area contributed by atoms with Crippen molar-refractivity contribution >= 4 is 40.5 Å². The fourth-order valence-electron chi connectivity index (χ4n) is 3.55. The summed E-state index contributed by atoms with van der Waals surface area (Å²) in [6.45, 7) is 3.75.